The fourth-order valence-corrected chi connectivity index (χ4v) is 2.09. The van der Waals surface area contributed by atoms with Crippen LogP contribution in [0, 0.1) is 11.7 Å². The summed E-state index contributed by atoms with van der Waals surface area (Å²) in [5.74, 6) is 0.116. The van der Waals surface area contributed by atoms with E-state index in [4.69, 9.17) is 5.73 Å². The van der Waals surface area contributed by atoms with Crippen molar-refractivity contribution in [1.82, 2.24) is 0 Å². The van der Waals surface area contributed by atoms with E-state index in [-0.39, 0.29) is 11.3 Å². The highest BCUT2D eigenvalue weighted by Crippen LogP contribution is 2.40. The molecule has 1 aliphatic carbocycles. The fraction of sp³-hybridized carbons (Fsp3) is 0.455. The van der Waals surface area contributed by atoms with Crippen LogP contribution in [0.4, 0.5) is 4.39 Å². The number of hydrogen-bond donors (Lipinski definition) is 2. The normalized spacial score (nSPS) is 17.8. The third-order valence-electron chi connectivity index (χ3n) is 2.77. The second-order valence-electron chi connectivity index (χ2n) is 4.08. The second-order valence-corrected chi connectivity index (χ2v) is 4.93. The van der Waals surface area contributed by atoms with Gasteiger partial charge in [0.2, 0.25) is 0 Å². The first kappa shape index (κ1) is 10.9. The van der Waals surface area contributed by atoms with Crippen LogP contribution in [0.1, 0.15) is 30.9 Å². The predicted octanol–water partition coefficient (Wildman–Crippen LogP) is 3.09. The Morgan fingerprint density at radius 2 is 2.20 bits per heavy atom. The lowest BCUT2D eigenvalue weighted by atomic mass is 10.0. The number of hydrogen-bond acceptors (Lipinski definition) is 2. The van der Waals surface area contributed by atoms with E-state index >= 15 is 0 Å². The number of phenols is 1. The van der Waals surface area contributed by atoms with E-state index < -0.39 is 11.9 Å². The number of benzene rings is 1. The first-order chi connectivity index (χ1) is 7.09. The molecule has 1 aliphatic rings. The summed E-state index contributed by atoms with van der Waals surface area (Å²) in [6.07, 6.45) is 3.09. The van der Waals surface area contributed by atoms with Gasteiger partial charge in [0.15, 0.2) is 0 Å². The minimum absolute atomic E-state index is 0.0665. The van der Waals surface area contributed by atoms with Gasteiger partial charge in [-0.05, 0) is 40.4 Å². The van der Waals surface area contributed by atoms with Crippen LogP contribution >= 0.6 is 15.9 Å². The molecular weight excluding hydrogens is 261 g/mol. The lowest BCUT2D eigenvalue weighted by Crippen LogP contribution is -2.13. The molecule has 1 saturated carbocycles. The van der Waals surface area contributed by atoms with Crippen LogP contribution in [0.5, 0.6) is 5.75 Å². The van der Waals surface area contributed by atoms with E-state index in [1.165, 1.54) is 25.0 Å². The van der Waals surface area contributed by atoms with Gasteiger partial charge >= 0.3 is 0 Å². The smallest absolute Gasteiger partial charge is 0.137 e. The van der Waals surface area contributed by atoms with Crippen LogP contribution in [-0.2, 0) is 0 Å². The van der Waals surface area contributed by atoms with Gasteiger partial charge in [-0.2, -0.15) is 0 Å². The quantitative estimate of drug-likeness (QED) is 0.889. The summed E-state index contributed by atoms with van der Waals surface area (Å²) in [5.41, 5.74) is 6.12. The third kappa shape index (κ3) is 2.32. The predicted molar refractivity (Wildman–Crippen MR) is 60.0 cm³/mol. The van der Waals surface area contributed by atoms with E-state index in [2.05, 4.69) is 15.9 Å². The van der Waals surface area contributed by atoms with Crippen molar-refractivity contribution in [2.24, 2.45) is 11.7 Å². The molecule has 0 unspecified atom stereocenters. The van der Waals surface area contributed by atoms with Gasteiger partial charge in [0, 0.05) is 11.6 Å². The molecule has 3 N–H and O–H groups in total. The van der Waals surface area contributed by atoms with E-state index in [0.717, 1.165) is 6.42 Å². The monoisotopic (exact) mass is 273 g/mol. The van der Waals surface area contributed by atoms with Crippen molar-refractivity contribution in [1.29, 1.82) is 0 Å². The van der Waals surface area contributed by atoms with Crippen molar-refractivity contribution in [2.75, 3.05) is 0 Å². The minimum atomic E-state index is -0.427. The maximum atomic E-state index is 13.5. The molecule has 0 amide bonds. The molecular formula is C11H13BrFNO. The number of nitrogens with two attached hydrogens (primary N) is 1. The standard InChI is InChI=1S/C11H13BrFNO/c12-7-3-4-8(13)10(11(7)15)9(14)5-6-1-2-6/h3-4,6,9,15H,1-2,5,14H2/t9-/m0/s1. The summed E-state index contributed by atoms with van der Waals surface area (Å²) in [5, 5.41) is 9.72. The van der Waals surface area contributed by atoms with Crippen LogP contribution in [-0.4, -0.2) is 5.11 Å². The molecule has 0 radical (unpaired) electrons. The lowest BCUT2D eigenvalue weighted by molar-refractivity contribution is 0.438. The largest absolute Gasteiger partial charge is 0.506 e. The van der Waals surface area contributed by atoms with Crippen LogP contribution < -0.4 is 5.73 Å². The zero-order valence-corrected chi connectivity index (χ0v) is 9.80. The van der Waals surface area contributed by atoms with Gasteiger partial charge in [0.1, 0.15) is 11.6 Å². The summed E-state index contributed by atoms with van der Waals surface area (Å²) >= 11 is 3.16. The topological polar surface area (TPSA) is 46.2 Å². The van der Waals surface area contributed by atoms with Gasteiger partial charge in [-0.1, -0.05) is 12.8 Å². The van der Waals surface area contributed by atoms with Gasteiger partial charge < -0.3 is 10.8 Å². The molecule has 1 aromatic carbocycles. The molecule has 0 spiro atoms. The minimum Gasteiger partial charge on any atom is -0.506 e. The Kier molecular flexibility index (Phi) is 2.98. The molecule has 1 atom stereocenters. The number of aromatic hydroxyl groups is 1. The van der Waals surface area contributed by atoms with Crippen LogP contribution in [0.2, 0.25) is 0 Å². The van der Waals surface area contributed by atoms with Crippen molar-refractivity contribution < 1.29 is 9.50 Å². The zero-order chi connectivity index (χ0) is 11.0. The number of halogens is 2. The van der Waals surface area contributed by atoms with Gasteiger partial charge in [-0.15, -0.1) is 0 Å². The van der Waals surface area contributed by atoms with Crippen molar-refractivity contribution in [3.05, 3.63) is 28.0 Å². The fourth-order valence-electron chi connectivity index (χ4n) is 1.74. The van der Waals surface area contributed by atoms with E-state index in [1.54, 1.807) is 0 Å². The molecule has 0 aromatic heterocycles. The van der Waals surface area contributed by atoms with E-state index in [0.29, 0.717) is 10.4 Å². The SMILES string of the molecule is N[C@@H](CC1CC1)c1c(F)ccc(Br)c1O. The van der Waals surface area contributed by atoms with Crippen LogP contribution in [0.25, 0.3) is 0 Å². The molecule has 2 rings (SSSR count). The Labute approximate surface area is 96.4 Å². The summed E-state index contributed by atoms with van der Waals surface area (Å²) in [7, 11) is 0. The molecule has 2 nitrogen and oxygen atoms in total. The molecule has 82 valence electrons. The lowest BCUT2D eigenvalue weighted by Gasteiger charge is -2.14. The second kappa shape index (κ2) is 4.10. The molecule has 1 fully saturated rings. The molecule has 4 heteroatoms. The van der Waals surface area contributed by atoms with Crippen LogP contribution in [0.3, 0.4) is 0 Å². The Morgan fingerprint density at radius 1 is 1.53 bits per heavy atom. The summed E-state index contributed by atoms with van der Waals surface area (Å²) in [6.45, 7) is 0. The molecule has 1 aromatic rings. The average Bonchev–Trinajstić information content (AvgIpc) is 2.96. The number of rotatable bonds is 3. The average molecular weight is 274 g/mol. The number of phenolic OH excluding ortho intramolecular Hbond substituents is 1. The maximum absolute atomic E-state index is 13.5. The van der Waals surface area contributed by atoms with E-state index in [9.17, 15) is 9.50 Å². The van der Waals surface area contributed by atoms with Crippen molar-refractivity contribution >= 4 is 15.9 Å². The maximum Gasteiger partial charge on any atom is 0.137 e. The first-order valence-electron chi connectivity index (χ1n) is 5.02. The van der Waals surface area contributed by atoms with Gasteiger partial charge in [-0.3, -0.25) is 0 Å². The van der Waals surface area contributed by atoms with Crippen LogP contribution in [0.15, 0.2) is 16.6 Å². The highest BCUT2D eigenvalue weighted by molar-refractivity contribution is 9.10. The third-order valence-corrected chi connectivity index (χ3v) is 3.41. The Balaban J connectivity index is 2.27. The van der Waals surface area contributed by atoms with Crippen molar-refractivity contribution in [2.45, 2.75) is 25.3 Å². The Morgan fingerprint density at radius 3 is 2.80 bits per heavy atom. The summed E-state index contributed by atoms with van der Waals surface area (Å²) in [4.78, 5) is 0. The molecule has 0 aliphatic heterocycles. The van der Waals surface area contributed by atoms with Crippen molar-refractivity contribution in [3.63, 3.8) is 0 Å². The van der Waals surface area contributed by atoms with Crippen molar-refractivity contribution in [3.8, 4) is 5.75 Å². The molecule has 15 heavy (non-hydrogen) atoms. The summed E-state index contributed by atoms with van der Waals surface area (Å²) < 4.78 is 14.0. The van der Waals surface area contributed by atoms with Gasteiger partial charge in [0.05, 0.1) is 4.47 Å². The first-order valence-corrected chi connectivity index (χ1v) is 5.81. The van der Waals surface area contributed by atoms with E-state index in [1.807, 2.05) is 0 Å². The zero-order valence-electron chi connectivity index (χ0n) is 8.21. The molecule has 0 heterocycles. The van der Waals surface area contributed by atoms with Gasteiger partial charge in [0.25, 0.3) is 0 Å². The highest BCUT2D eigenvalue weighted by atomic mass is 79.9. The van der Waals surface area contributed by atoms with Gasteiger partial charge in [-0.25, -0.2) is 4.39 Å². The molecule has 0 bridgehead atoms. The highest BCUT2D eigenvalue weighted by Gasteiger charge is 2.27. The molecule has 0 saturated heterocycles. The summed E-state index contributed by atoms with van der Waals surface area (Å²) in [6, 6.07) is 2.40. The Hall–Kier alpha value is -0.610. The Bertz CT molecular complexity index is 379.